The van der Waals surface area contributed by atoms with Gasteiger partial charge >= 0.3 is 0 Å². The number of fused-ring (bicyclic) bond motifs is 1. The number of aliphatic hydroxyl groups excluding tert-OH is 1. The van der Waals surface area contributed by atoms with E-state index in [9.17, 15) is 0 Å². The molecule has 2 N–H and O–H groups in total. The number of aromatic amines is 1. The van der Waals surface area contributed by atoms with Crippen LogP contribution in [-0.4, -0.2) is 16.7 Å². The number of aliphatic hydroxyl groups is 1. The first-order valence-electron chi connectivity index (χ1n) is 5.41. The van der Waals surface area contributed by atoms with Crippen molar-refractivity contribution in [3.63, 3.8) is 0 Å². The second kappa shape index (κ2) is 4.07. The van der Waals surface area contributed by atoms with Gasteiger partial charge in [-0.1, -0.05) is 12.1 Å². The van der Waals surface area contributed by atoms with Gasteiger partial charge in [-0.25, -0.2) is 0 Å². The maximum atomic E-state index is 8.78. The fraction of sp³-hybridized carbons (Fsp3) is 0.385. The number of aryl methyl sites for hydroxylation is 3. The zero-order chi connectivity index (χ0) is 10.8. The third-order valence-electron chi connectivity index (χ3n) is 3.00. The van der Waals surface area contributed by atoms with E-state index in [0.717, 1.165) is 12.8 Å². The highest BCUT2D eigenvalue weighted by molar-refractivity contribution is 5.84. The molecule has 2 heteroatoms. The second-order valence-electron chi connectivity index (χ2n) is 4.08. The van der Waals surface area contributed by atoms with Crippen LogP contribution in [0.1, 0.15) is 23.2 Å². The maximum absolute atomic E-state index is 8.78. The summed E-state index contributed by atoms with van der Waals surface area (Å²) < 4.78 is 0. The molecule has 2 rings (SSSR count). The Morgan fingerprint density at radius 3 is 2.80 bits per heavy atom. The molecule has 80 valence electrons. The molecule has 1 aromatic heterocycles. The molecule has 2 aromatic rings. The van der Waals surface area contributed by atoms with E-state index < -0.39 is 0 Å². The van der Waals surface area contributed by atoms with E-state index in [1.54, 1.807) is 0 Å². The zero-order valence-electron chi connectivity index (χ0n) is 9.30. The molecular weight excluding hydrogens is 186 g/mol. The van der Waals surface area contributed by atoms with E-state index in [2.05, 4.69) is 37.0 Å². The molecule has 0 saturated carbocycles. The predicted octanol–water partition coefficient (Wildman–Crippen LogP) is 2.71. The van der Waals surface area contributed by atoms with Crippen molar-refractivity contribution in [1.29, 1.82) is 0 Å². The van der Waals surface area contributed by atoms with Gasteiger partial charge < -0.3 is 10.1 Å². The van der Waals surface area contributed by atoms with Gasteiger partial charge in [-0.15, -0.1) is 0 Å². The molecule has 0 unspecified atom stereocenters. The summed E-state index contributed by atoms with van der Waals surface area (Å²) in [4.78, 5) is 3.38. The van der Waals surface area contributed by atoms with Gasteiger partial charge in [0.05, 0.1) is 0 Å². The molecule has 0 radical (unpaired) electrons. The van der Waals surface area contributed by atoms with Crippen molar-refractivity contribution in [2.45, 2.75) is 26.7 Å². The SMILES string of the molecule is Cc1[nH]c2cc(CCCO)ccc2c1C. The summed E-state index contributed by atoms with van der Waals surface area (Å²) in [6, 6.07) is 6.50. The average molecular weight is 203 g/mol. The fourth-order valence-electron chi connectivity index (χ4n) is 1.96. The minimum absolute atomic E-state index is 0.265. The lowest BCUT2D eigenvalue weighted by molar-refractivity contribution is 0.288. The van der Waals surface area contributed by atoms with Gasteiger partial charge in [0.15, 0.2) is 0 Å². The van der Waals surface area contributed by atoms with Crippen molar-refractivity contribution in [2.75, 3.05) is 6.61 Å². The fourth-order valence-corrected chi connectivity index (χ4v) is 1.96. The third kappa shape index (κ3) is 1.90. The smallest absolute Gasteiger partial charge is 0.0461 e. The highest BCUT2D eigenvalue weighted by Gasteiger charge is 2.04. The van der Waals surface area contributed by atoms with E-state index in [4.69, 9.17) is 5.11 Å². The van der Waals surface area contributed by atoms with Crippen molar-refractivity contribution >= 4 is 10.9 Å². The molecule has 0 aliphatic rings. The van der Waals surface area contributed by atoms with Gasteiger partial charge in [-0.05, 0) is 43.9 Å². The highest BCUT2D eigenvalue weighted by atomic mass is 16.2. The van der Waals surface area contributed by atoms with Crippen molar-refractivity contribution in [3.8, 4) is 0 Å². The molecule has 0 spiro atoms. The molecule has 0 atom stereocenters. The van der Waals surface area contributed by atoms with Crippen LogP contribution < -0.4 is 0 Å². The Balaban J connectivity index is 2.39. The summed E-state index contributed by atoms with van der Waals surface area (Å²) >= 11 is 0. The Hall–Kier alpha value is -1.28. The first-order valence-corrected chi connectivity index (χ1v) is 5.41. The molecule has 1 heterocycles. The normalized spacial score (nSPS) is 11.1. The predicted molar refractivity (Wildman–Crippen MR) is 63.2 cm³/mol. The van der Waals surface area contributed by atoms with Crippen LogP contribution in [0.4, 0.5) is 0 Å². The third-order valence-corrected chi connectivity index (χ3v) is 3.00. The van der Waals surface area contributed by atoms with Crippen LogP contribution in [0.5, 0.6) is 0 Å². The van der Waals surface area contributed by atoms with E-state index in [0.29, 0.717) is 0 Å². The molecule has 15 heavy (non-hydrogen) atoms. The molecule has 2 nitrogen and oxygen atoms in total. The summed E-state index contributed by atoms with van der Waals surface area (Å²) in [5.74, 6) is 0. The van der Waals surface area contributed by atoms with E-state index in [-0.39, 0.29) is 6.61 Å². The Bertz CT molecular complexity index is 471. The first-order chi connectivity index (χ1) is 7.22. The Morgan fingerprint density at radius 2 is 2.07 bits per heavy atom. The van der Waals surface area contributed by atoms with Crippen LogP contribution in [-0.2, 0) is 6.42 Å². The van der Waals surface area contributed by atoms with Gasteiger partial charge in [0.1, 0.15) is 0 Å². The van der Waals surface area contributed by atoms with Crippen LogP contribution in [0, 0.1) is 13.8 Å². The molecule has 0 aliphatic heterocycles. The minimum atomic E-state index is 0.265. The summed E-state index contributed by atoms with van der Waals surface area (Å²) in [7, 11) is 0. The number of nitrogens with one attached hydrogen (secondary N) is 1. The molecule has 0 bridgehead atoms. The lowest BCUT2D eigenvalue weighted by Crippen LogP contribution is -1.88. The zero-order valence-corrected chi connectivity index (χ0v) is 9.30. The Morgan fingerprint density at radius 1 is 1.27 bits per heavy atom. The van der Waals surface area contributed by atoms with E-state index >= 15 is 0 Å². The monoisotopic (exact) mass is 203 g/mol. The van der Waals surface area contributed by atoms with Gasteiger partial charge in [-0.2, -0.15) is 0 Å². The topological polar surface area (TPSA) is 36.0 Å². The van der Waals surface area contributed by atoms with Crippen molar-refractivity contribution in [1.82, 2.24) is 4.98 Å². The number of rotatable bonds is 3. The maximum Gasteiger partial charge on any atom is 0.0461 e. The van der Waals surface area contributed by atoms with E-state index in [1.807, 2.05) is 0 Å². The average Bonchev–Trinajstić information content (AvgIpc) is 2.52. The summed E-state index contributed by atoms with van der Waals surface area (Å²) in [5, 5.41) is 10.1. The first kappa shape index (κ1) is 10.2. The van der Waals surface area contributed by atoms with Crippen LogP contribution in [0.15, 0.2) is 18.2 Å². The summed E-state index contributed by atoms with van der Waals surface area (Å²) in [6.45, 7) is 4.51. The number of benzene rings is 1. The number of H-pyrrole nitrogens is 1. The molecule has 0 aliphatic carbocycles. The molecule has 1 aromatic carbocycles. The van der Waals surface area contributed by atoms with Crippen molar-refractivity contribution in [3.05, 3.63) is 35.0 Å². The molecular formula is C13H17NO. The van der Waals surface area contributed by atoms with E-state index in [1.165, 1.54) is 27.7 Å². The minimum Gasteiger partial charge on any atom is -0.396 e. The largest absolute Gasteiger partial charge is 0.396 e. The molecule has 0 amide bonds. The van der Waals surface area contributed by atoms with Crippen molar-refractivity contribution < 1.29 is 5.11 Å². The Labute approximate surface area is 89.9 Å². The van der Waals surface area contributed by atoms with Gasteiger partial charge in [-0.3, -0.25) is 0 Å². The Kier molecular flexibility index (Phi) is 2.78. The lowest BCUT2D eigenvalue weighted by Gasteiger charge is -1.99. The summed E-state index contributed by atoms with van der Waals surface area (Å²) in [5.41, 5.74) is 5.07. The van der Waals surface area contributed by atoms with Gasteiger partial charge in [0, 0.05) is 23.2 Å². The second-order valence-corrected chi connectivity index (χ2v) is 4.08. The lowest BCUT2D eigenvalue weighted by atomic mass is 10.1. The van der Waals surface area contributed by atoms with Crippen LogP contribution in [0.3, 0.4) is 0 Å². The van der Waals surface area contributed by atoms with Gasteiger partial charge in [0.25, 0.3) is 0 Å². The number of hydrogen-bond acceptors (Lipinski definition) is 1. The highest BCUT2D eigenvalue weighted by Crippen LogP contribution is 2.22. The van der Waals surface area contributed by atoms with Crippen LogP contribution >= 0.6 is 0 Å². The van der Waals surface area contributed by atoms with Gasteiger partial charge in [0.2, 0.25) is 0 Å². The summed E-state index contributed by atoms with van der Waals surface area (Å²) in [6.07, 6.45) is 1.79. The number of aromatic nitrogens is 1. The molecule has 0 saturated heterocycles. The van der Waals surface area contributed by atoms with Crippen LogP contribution in [0.25, 0.3) is 10.9 Å². The number of hydrogen-bond donors (Lipinski definition) is 2. The quantitative estimate of drug-likeness (QED) is 0.790. The standard InChI is InChI=1S/C13H17NO/c1-9-10(2)14-13-8-11(4-3-7-15)5-6-12(9)13/h5-6,8,14-15H,3-4,7H2,1-2H3. The molecule has 0 fully saturated rings. The van der Waals surface area contributed by atoms with Crippen LogP contribution in [0.2, 0.25) is 0 Å². The van der Waals surface area contributed by atoms with Crippen molar-refractivity contribution in [2.24, 2.45) is 0 Å².